The van der Waals surface area contributed by atoms with Gasteiger partial charge in [-0.2, -0.15) is 0 Å². The van der Waals surface area contributed by atoms with Gasteiger partial charge in [0.05, 0.1) is 11.4 Å². The second kappa shape index (κ2) is 6.60. The molecular formula is C13H18BrN3O3. The number of anilines is 2. The summed E-state index contributed by atoms with van der Waals surface area (Å²) in [6.07, 6.45) is -0.644. The van der Waals surface area contributed by atoms with Gasteiger partial charge in [-0.15, -0.1) is 0 Å². The van der Waals surface area contributed by atoms with Crippen molar-refractivity contribution in [2.45, 2.75) is 26.4 Å². The van der Waals surface area contributed by atoms with E-state index >= 15 is 0 Å². The minimum Gasteiger partial charge on any atom is -0.444 e. The van der Waals surface area contributed by atoms with E-state index in [2.05, 4.69) is 26.6 Å². The highest BCUT2D eigenvalue weighted by molar-refractivity contribution is 9.10. The quantitative estimate of drug-likeness (QED) is 0.735. The third kappa shape index (κ3) is 5.48. The fraction of sp³-hybridized carbons (Fsp3) is 0.385. The molecule has 0 aliphatic carbocycles. The number of nitrogens with one attached hydrogen (secondary N) is 2. The first-order valence-electron chi connectivity index (χ1n) is 6.00. The molecule has 0 unspecified atom stereocenters. The molecule has 0 fully saturated rings. The minimum atomic E-state index is -0.644. The molecule has 1 aromatic carbocycles. The zero-order valence-corrected chi connectivity index (χ0v) is 13.2. The van der Waals surface area contributed by atoms with Crippen molar-refractivity contribution in [3.05, 3.63) is 22.7 Å². The topological polar surface area (TPSA) is 93.4 Å². The number of amides is 2. The molecule has 20 heavy (non-hydrogen) atoms. The number of carbonyl (C=O) groups is 2. The van der Waals surface area contributed by atoms with Crippen LogP contribution in [0.2, 0.25) is 0 Å². The summed E-state index contributed by atoms with van der Waals surface area (Å²) in [5.74, 6) is -0.388. The molecule has 0 saturated carbocycles. The van der Waals surface area contributed by atoms with E-state index in [0.717, 1.165) is 0 Å². The van der Waals surface area contributed by atoms with Gasteiger partial charge in [0.2, 0.25) is 5.91 Å². The second-order valence-electron chi connectivity index (χ2n) is 5.10. The van der Waals surface area contributed by atoms with Gasteiger partial charge >= 0.3 is 6.09 Å². The van der Waals surface area contributed by atoms with Crippen LogP contribution in [0.15, 0.2) is 22.7 Å². The third-order valence-electron chi connectivity index (χ3n) is 2.12. The van der Waals surface area contributed by atoms with E-state index in [1.165, 1.54) is 0 Å². The van der Waals surface area contributed by atoms with Crippen LogP contribution in [0.5, 0.6) is 0 Å². The highest BCUT2D eigenvalue weighted by Gasteiger charge is 2.16. The number of rotatable bonds is 3. The van der Waals surface area contributed by atoms with Gasteiger partial charge in [-0.3, -0.25) is 4.79 Å². The monoisotopic (exact) mass is 343 g/mol. The summed E-state index contributed by atoms with van der Waals surface area (Å²) in [5.41, 5.74) is 6.11. The van der Waals surface area contributed by atoms with Gasteiger partial charge in [0, 0.05) is 4.47 Å². The lowest BCUT2D eigenvalue weighted by Crippen LogP contribution is -2.37. The molecule has 0 aromatic heterocycles. The number of para-hydroxylation sites is 1. The van der Waals surface area contributed by atoms with Crippen molar-refractivity contribution >= 4 is 39.3 Å². The Bertz CT molecular complexity index is 512. The second-order valence-corrected chi connectivity index (χ2v) is 5.96. The Morgan fingerprint density at radius 1 is 1.35 bits per heavy atom. The molecule has 0 saturated heterocycles. The highest BCUT2D eigenvalue weighted by Crippen LogP contribution is 2.26. The van der Waals surface area contributed by atoms with Crippen LogP contribution in [0.4, 0.5) is 16.2 Å². The summed E-state index contributed by atoms with van der Waals surface area (Å²) >= 11 is 3.27. The van der Waals surface area contributed by atoms with E-state index in [9.17, 15) is 9.59 Å². The maximum Gasteiger partial charge on any atom is 0.408 e. The van der Waals surface area contributed by atoms with Crippen LogP contribution >= 0.6 is 15.9 Å². The van der Waals surface area contributed by atoms with Crippen LogP contribution < -0.4 is 16.4 Å². The number of carbonyl (C=O) groups excluding carboxylic acids is 2. The molecule has 0 bridgehead atoms. The van der Waals surface area contributed by atoms with Gasteiger partial charge in [-0.05, 0) is 48.8 Å². The number of alkyl carbamates (subject to hydrolysis) is 1. The van der Waals surface area contributed by atoms with Crippen molar-refractivity contribution in [3.8, 4) is 0 Å². The van der Waals surface area contributed by atoms with Crippen LogP contribution in [0.3, 0.4) is 0 Å². The van der Waals surface area contributed by atoms with Gasteiger partial charge < -0.3 is 21.1 Å². The van der Waals surface area contributed by atoms with Crippen LogP contribution in [0.1, 0.15) is 20.8 Å². The normalized spacial score (nSPS) is 10.8. The van der Waals surface area contributed by atoms with E-state index < -0.39 is 11.7 Å². The van der Waals surface area contributed by atoms with Crippen molar-refractivity contribution in [1.29, 1.82) is 0 Å². The molecule has 0 radical (unpaired) electrons. The Labute approximate surface area is 126 Å². The van der Waals surface area contributed by atoms with E-state index in [0.29, 0.717) is 15.8 Å². The smallest absolute Gasteiger partial charge is 0.408 e. The number of hydrogen-bond donors (Lipinski definition) is 3. The number of benzene rings is 1. The number of ether oxygens (including phenoxy) is 1. The average molecular weight is 344 g/mol. The van der Waals surface area contributed by atoms with Crippen LogP contribution in [0.25, 0.3) is 0 Å². The molecule has 6 nitrogen and oxygen atoms in total. The van der Waals surface area contributed by atoms with Crippen LogP contribution in [-0.2, 0) is 9.53 Å². The summed E-state index contributed by atoms with van der Waals surface area (Å²) < 4.78 is 5.71. The molecule has 0 aliphatic rings. The lowest BCUT2D eigenvalue weighted by Gasteiger charge is -2.19. The van der Waals surface area contributed by atoms with Crippen molar-refractivity contribution in [2.75, 3.05) is 17.6 Å². The van der Waals surface area contributed by atoms with Gasteiger partial charge in [0.15, 0.2) is 0 Å². The van der Waals surface area contributed by atoms with Crippen molar-refractivity contribution < 1.29 is 14.3 Å². The molecule has 0 heterocycles. The summed E-state index contributed by atoms with van der Waals surface area (Å²) in [7, 11) is 0. The molecule has 0 aliphatic heterocycles. The largest absolute Gasteiger partial charge is 0.444 e. The predicted molar refractivity (Wildman–Crippen MR) is 81.4 cm³/mol. The van der Waals surface area contributed by atoms with Crippen molar-refractivity contribution in [1.82, 2.24) is 5.32 Å². The fourth-order valence-corrected chi connectivity index (χ4v) is 1.67. The Morgan fingerprint density at radius 2 is 2.00 bits per heavy atom. The molecule has 4 N–H and O–H groups in total. The molecule has 0 atom stereocenters. The van der Waals surface area contributed by atoms with Crippen LogP contribution in [-0.4, -0.2) is 24.1 Å². The van der Waals surface area contributed by atoms with Crippen molar-refractivity contribution in [2.24, 2.45) is 0 Å². The first-order valence-corrected chi connectivity index (χ1v) is 6.79. The predicted octanol–water partition coefficient (Wildman–Crippen LogP) is 2.49. The molecule has 2 amide bonds. The number of nitrogens with two attached hydrogens (primary N) is 1. The lowest BCUT2D eigenvalue weighted by molar-refractivity contribution is -0.115. The lowest BCUT2D eigenvalue weighted by atomic mass is 10.2. The third-order valence-corrected chi connectivity index (χ3v) is 2.81. The molecule has 1 aromatic rings. The van der Waals surface area contributed by atoms with Gasteiger partial charge in [0.25, 0.3) is 0 Å². The summed E-state index contributed by atoms with van der Waals surface area (Å²) in [6.45, 7) is 5.04. The Hall–Kier alpha value is -1.76. The number of hydrogen-bond acceptors (Lipinski definition) is 4. The first-order chi connectivity index (χ1) is 9.19. The summed E-state index contributed by atoms with van der Waals surface area (Å²) in [4.78, 5) is 23.1. The Balaban J connectivity index is 2.49. The number of halogens is 1. The summed E-state index contributed by atoms with van der Waals surface area (Å²) in [6, 6.07) is 5.19. The average Bonchev–Trinajstić information content (AvgIpc) is 2.30. The maximum absolute atomic E-state index is 11.7. The fourth-order valence-electron chi connectivity index (χ4n) is 1.31. The van der Waals surface area contributed by atoms with Gasteiger partial charge in [-0.1, -0.05) is 6.07 Å². The van der Waals surface area contributed by atoms with Gasteiger partial charge in [0.1, 0.15) is 12.1 Å². The number of nitrogen functional groups attached to an aromatic ring is 1. The van der Waals surface area contributed by atoms with Crippen LogP contribution in [0, 0.1) is 0 Å². The molecular weight excluding hydrogens is 326 g/mol. The SMILES string of the molecule is CC(C)(C)OC(=O)NCC(=O)Nc1cccc(Br)c1N. The molecule has 0 spiro atoms. The van der Waals surface area contributed by atoms with E-state index in [4.69, 9.17) is 10.5 Å². The highest BCUT2D eigenvalue weighted by atomic mass is 79.9. The Kier molecular flexibility index (Phi) is 5.38. The minimum absolute atomic E-state index is 0.194. The van der Waals surface area contributed by atoms with E-state index in [-0.39, 0.29) is 12.5 Å². The Morgan fingerprint density at radius 3 is 2.60 bits per heavy atom. The zero-order chi connectivity index (χ0) is 15.3. The zero-order valence-electron chi connectivity index (χ0n) is 11.6. The molecule has 1 rings (SSSR count). The molecule has 110 valence electrons. The molecule has 7 heteroatoms. The van der Waals surface area contributed by atoms with Crippen molar-refractivity contribution in [3.63, 3.8) is 0 Å². The van der Waals surface area contributed by atoms with Gasteiger partial charge in [-0.25, -0.2) is 4.79 Å². The first kappa shape index (κ1) is 16.3. The van der Waals surface area contributed by atoms with E-state index in [1.807, 2.05) is 0 Å². The standard InChI is InChI=1S/C13H18BrN3O3/c1-13(2,3)20-12(19)16-7-10(18)17-9-6-4-5-8(14)11(9)15/h4-6H,7,15H2,1-3H3,(H,16,19)(H,17,18). The summed E-state index contributed by atoms with van der Waals surface area (Å²) in [5, 5.41) is 4.97. The maximum atomic E-state index is 11.7. The van der Waals surface area contributed by atoms with E-state index in [1.54, 1.807) is 39.0 Å².